The molecule has 1 aromatic heterocycles. The molecule has 4 nitrogen and oxygen atoms in total. The summed E-state index contributed by atoms with van der Waals surface area (Å²) in [5.74, 6) is 0. The fraction of sp³-hybridized carbons (Fsp3) is 0.250. The number of nitrogens with zero attached hydrogens (tertiary/aromatic N) is 2. The fourth-order valence-electron chi connectivity index (χ4n) is 1.76. The van der Waals surface area contributed by atoms with Gasteiger partial charge in [0.15, 0.2) is 0 Å². The first-order valence-electron chi connectivity index (χ1n) is 5.69. The van der Waals surface area contributed by atoms with E-state index >= 15 is 0 Å². The number of alkyl halides is 3. The molecule has 0 spiro atoms. The number of aromatic nitrogens is 1. The van der Waals surface area contributed by atoms with Gasteiger partial charge in [0.1, 0.15) is 11.7 Å². The number of sulfonamides is 1. The number of hydrogen-bond donors (Lipinski definition) is 0. The number of fused-ring (bicyclic) bond motifs is 1. The van der Waals surface area contributed by atoms with Crippen LogP contribution in [-0.4, -0.2) is 37.5 Å². The molecule has 114 valence electrons. The lowest BCUT2D eigenvalue weighted by molar-refractivity contribution is -0.134. The zero-order chi connectivity index (χ0) is 15.8. The number of benzene rings is 1. The van der Waals surface area contributed by atoms with Crippen molar-refractivity contribution < 1.29 is 21.6 Å². The average molecular weight is 339 g/mol. The molecular weight excluding hydrogens is 329 g/mol. The van der Waals surface area contributed by atoms with E-state index in [0.717, 1.165) is 7.05 Å². The van der Waals surface area contributed by atoms with E-state index in [2.05, 4.69) is 4.98 Å². The minimum absolute atomic E-state index is 0.231. The lowest BCUT2D eigenvalue weighted by Gasteiger charge is -2.18. The van der Waals surface area contributed by atoms with Crippen molar-refractivity contribution in [1.29, 1.82) is 0 Å². The van der Waals surface area contributed by atoms with E-state index in [-0.39, 0.29) is 14.4 Å². The molecule has 0 N–H and O–H groups in total. The van der Waals surface area contributed by atoms with Crippen LogP contribution in [0.3, 0.4) is 0 Å². The van der Waals surface area contributed by atoms with Crippen molar-refractivity contribution in [2.75, 3.05) is 13.6 Å². The van der Waals surface area contributed by atoms with Gasteiger partial charge in [-0.05, 0) is 30.3 Å². The van der Waals surface area contributed by atoms with Gasteiger partial charge >= 0.3 is 6.18 Å². The maximum Gasteiger partial charge on any atom is 0.402 e. The molecule has 0 aliphatic carbocycles. The van der Waals surface area contributed by atoms with Gasteiger partial charge in [0.2, 0.25) is 10.0 Å². The van der Waals surface area contributed by atoms with E-state index in [1.54, 1.807) is 6.07 Å². The topological polar surface area (TPSA) is 50.3 Å². The molecule has 2 rings (SSSR count). The van der Waals surface area contributed by atoms with Crippen LogP contribution in [-0.2, 0) is 10.0 Å². The zero-order valence-electron chi connectivity index (χ0n) is 10.7. The van der Waals surface area contributed by atoms with E-state index < -0.39 is 22.7 Å². The Kier molecular flexibility index (Phi) is 4.14. The average Bonchev–Trinajstić information content (AvgIpc) is 2.35. The smallest absolute Gasteiger partial charge is 0.236 e. The first-order chi connectivity index (χ1) is 9.59. The third kappa shape index (κ3) is 3.63. The van der Waals surface area contributed by atoms with Crippen LogP contribution in [0.25, 0.3) is 10.9 Å². The van der Waals surface area contributed by atoms with Crippen molar-refractivity contribution in [1.82, 2.24) is 9.29 Å². The van der Waals surface area contributed by atoms with E-state index in [0.29, 0.717) is 10.9 Å². The molecular formula is C12H10ClF3N2O2S. The van der Waals surface area contributed by atoms with E-state index in [4.69, 9.17) is 11.6 Å². The molecule has 0 aliphatic rings. The Labute approximate surface area is 124 Å². The molecule has 2 aromatic rings. The van der Waals surface area contributed by atoms with Gasteiger partial charge in [-0.3, -0.25) is 0 Å². The highest BCUT2D eigenvalue weighted by molar-refractivity contribution is 7.89. The second kappa shape index (κ2) is 5.43. The number of pyridine rings is 1. The summed E-state index contributed by atoms with van der Waals surface area (Å²) in [4.78, 5) is 3.75. The molecule has 0 saturated carbocycles. The fourth-order valence-corrected chi connectivity index (χ4v) is 3.10. The monoisotopic (exact) mass is 338 g/mol. The van der Waals surface area contributed by atoms with Crippen LogP contribution in [0, 0.1) is 0 Å². The first kappa shape index (κ1) is 16.0. The van der Waals surface area contributed by atoms with Crippen LogP contribution in [0.4, 0.5) is 13.2 Å². The van der Waals surface area contributed by atoms with Gasteiger partial charge in [0.25, 0.3) is 0 Å². The maximum absolute atomic E-state index is 12.3. The van der Waals surface area contributed by atoms with Crippen LogP contribution in [0.15, 0.2) is 35.2 Å². The van der Waals surface area contributed by atoms with Gasteiger partial charge in [-0.2, -0.15) is 17.5 Å². The summed E-state index contributed by atoms with van der Waals surface area (Å²) in [6, 6.07) is 6.89. The number of halogens is 4. The SMILES string of the molecule is CN(CC(F)(F)F)S(=O)(=O)c1ccc2nc(Cl)ccc2c1. The molecule has 9 heteroatoms. The summed E-state index contributed by atoms with van der Waals surface area (Å²) in [5, 5.41) is 0.716. The van der Waals surface area contributed by atoms with Gasteiger partial charge in [-0.1, -0.05) is 11.6 Å². The maximum atomic E-state index is 12.3. The molecule has 0 fully saturated rings. The standard InChI is InChI=1S/C12H10ClF3N2O2S/c1-18(7-12(14,15)16)21(19,20)9-3-4-10-8(6-9)2-5-11(13)17-10/h2-6H,7H2,1H3. The molecule has 0 saturated heterocycles. The Morgan fingerprint density at radius 1 is 1.24 bits per heavy atom. The molecule has 0 bridgehead atoms. The molecule has 0 amide bonds. The Morgan fingerprint density at radius 2 is 1.90 bits per heavy atom. The van der Waals surface area contributed by atoms with Crippen molar-refractivity contribution in [3.8, 4) is 0 Å². The predicted molar refractivity (Wildman–Crippen MR) is 72.6 cm³/mol. The Balaban J connectivity index is 2.43. The summed E-state index contributed by atoms with van der Waals surface area (Å²) in [7, 11) is -3.34. The van der Waals surface area contributed by atoms with Crippen LogP contribution >= 0.6 is 11.6 Å². The molecule has 1 aromatic carbocycles. The van der Waals surface area contributed by atoms with Gasteiger partial charge in [-0.25, -0.2) is 13.4 Å². The minimum atomic E-state index is -4.60. The Morgan fingerprint density at radius 3 is 2.52 bits per heavy atom. The summed E-state index contributed by atoms with van der Waals surface area (Å²) in [6.45, 7) is -1.55. The minimum Gasteiger partial charge on any atom is -0.236 e. The number of rotatable bonds is 3. The molecule has 0 unspecified atom stereocenters. The Bertz CT molecular complexity index is 778. The summed E-state index contributed by atoms with van der Waals surface area (Å²) >= 11 is 5.71. The molecule has 0 aliphatic heterocycles. The van der Waals surface area contributed by atoms with Crippen LogP contribution in [0.1, 0.15) is 0 Å². The number of hydrogen-bond acceptors (Lipinski definition) is 3. The summed E-state index contributed by atoms with van der Waals surface area (Å²) in [6.07, 6.45) is -4.60. The normalized spacial score (nSPS) is 13.0. The molecule has 1 heterocycles. The van der Waals surface area contributed by atoms with Gasteiger partial charge in [0.05, 0.1) is 10.4 Å². The highest BCUT2D eigenvalue weighted by Gasteiger charge is 2.34. The van der Waals surface area contributed by atoms with Gasteiger partial charge < -0.3 is 0 Å². The van der Waals surface area contributed by atoms with Crippen molar-refractivity contribution >= 4 is 32.5 Å². The quantitative estimate of drug-likeness (QED) is 0.808. The van der Waals surface area contributed by atoms with Crippen molar-refractivity contribution in [2.24, 2.45) is 0 Å². The molecule has 21 heavy (non-hydrogen) atoms. The predicted octanol–water partition coefficient (Wildman–Crippen LogP) is 3.07. The van der Waals surface area contributed by atoms with Crippen LogP contribution < -0.4 is 0 Å². The first-order valence-corrected chi connectivity index (χ1v) is 7.51. The lowest BCUT2D eigenvalue weighted by atomic mass is 10.2. The van der Waals surface area contributed by atoms with Crippen LogP contribution in [0.2, 0.25) is 5.15 Å². The summed E-state index contributed by atoms with van der Waals surface area (Å²) < 4.78 is 61.4. The summed E-state index contributed by atoms with van der Waals surface area (Å²) in [5.41, 5.74) is 0.458. The van der Waals surface area contributed by atoms with Crippen molar-refractivity contribution in [3.63, 3.8) is 0 Å². The van der Waals surface area contributed by atoms with E-state index in [1.807, 2.05) is 0 Å². The van der Waals surface area contributed by atoms with E-state index in [9.17, 15) is 21.6 Å². The second-order valence-corrected chi connectivity index (χ2v) is 6.80. The van der Waals surface area contributed by atoms with Gasteiger partial charge in [0, 0.05) is 12.4 Å². The molecule has 0 atom stereocenters. The lowest BCUT2D eigenvalue weighted by Crippen LogP contribution is -2.35. The van der Waals surface area contributed by atoms with Crippen molar-refractivity contribution in [2.45, 2.75) is 11.1 Å². The third-order valence-electron chi connectivity index (χ3n) is 2.74. The third-order valence-corrected chi connectivity index (χ3v) is 4.75. The Hall–Kier alpha value is -1.38. The van der Waals surface area contributed by atoms with Gasteiger partial charge in [-0.15, -0.1) is 0 Å². The largest absolute Gasteiger partial charge is 0.402 e. The van der Waals surface area contributed by atoms with Crippen molar-refractivity contribution in [3.05, 3.63) is 35.5 Å². The highest BCUT2D eigenvalue weighted by Crippen LogP contribution is 2.24. The molecule has 0 radical (unpaired) electrons. The zero-order valence-corrected chi connectivity index (χ0v) is 12.3. The van der Waals surface area contributed by atoms with E-state index in [1.165, 1.54) is 24.3 Å². The van der Waals surface area contributed by atoms with Crippen LogP contribution in [0.5, 0.6) is 0 Å². The highest BCUT2D eigenvalue weighted by atomic mass is 35.5. The second-order valence-electron chi connectivity index (χ2n) is 4.36.